The predicted molar refractivity (Wildman–Crippen MR) is 111 cm³/mol. The van der Waals surface area contributed by atoms with Crippen LogP contribution in [-0.4, -0.2) is 45.2 Å². The first kappa shape index (κ1) is 19.8. The number of aromatic nitrogens is 3. The van der Waals surface area contributed by atoms with E-state index in [1.807, 2.05) is 41.0 Å². The molecule has 4 rings (SSSR count). The Kier molecular flexibility index (Phi) is 5.83. The van der Waals surface area contributed by atoms with Gasteiger partial charge in [-0.25, -0.2) is 0 Å². The van der Waals surface area contributed by atoms with E-state index in [1.165, 1.54) is 11.3 Å². The third-order valence-electron chi connectivity index (χ3n) is 4.87. The number of hydrogen-bond donors (Lipinski definition) is 1. The van der Waals surface area contributed by atoms with E-state index >= 15 is 0 Å². The quantitative estimate of drug-likeness (QED) is 0.725. The number of thiophene rings is 1. The van der Waals surface area contributed by atoms with Crippen molar-refractivity contribution in [1.29, 1.82) is 0 Å². The second-order valence-corrected chi connectivity index (χ2v) is 8.03. The van der Waals surface area contributed by atoms with E-state index < -0.39 is 0 Å². The fourth-order valence-corrected chi connectivity index (χ4v) is 4.59. The Morgan fingerprint density at radius 3 is 2.93 bits per heavy atom. The standard InChI is InChI=1S/C19H23N5OS.ClH/c1-12(2)17-14-9-16(26-19(14)23(3)22-17)18(25)24-8-7-21-11-15(24)13-5-4-6-20-10-13;/h4-6,9-10,12,15,21H,7-8,11H2,1-3H3;1H. The fraction of sp³-hybridized carbons (Fsp3) is 0.421. The van der Waals surface area contributed by atoms with Crippen LogP contribution in [0.2, 0.25) is 0 Å². The maximum Gasteiger partial charge on any atom is 0.264 e. The molecule has 1 amide bonds. The van der Waals surface area contributed by atoms with Crippen LogP contribution < -0.4 is 5.32 Å². The monoisotopic (exact) mass is 405 g/mol. The largest absolute Gasteiger partial charge is 0.328 e. The van der Waals surface area contributed by atoms with Gasteiger partial charge in [-0.05, 0) is 23.6 Å². The molecule has 1 saturated heterocycles. The van der Waals surface area contributed by atoms with Crippen molar-refractivity contribution < 1.29 is 4.79 Å². The van der Waals surface area contributed by atoms with Gasteiger partial charge in [0, 0.05) is 44.5 Å². The van der Waals surface area contributed by atoms with Gasteiger partial charge < -0.3 is 10.2 Å². The van der Waals surface area contributed by atoms with Crippen LogP contribution in [0, 0.1) is 0 Å². The Labute approximate surface area is 169 Å². The minimum absolute atomic E-state index is 0. The maximum atomic E-state index is 13.3. The van der Waals surface area contributed by atoms with Gasteiger partial charge in [-0.2, -0.15) is 5.10 Å². The summed E-state index contributed by atoms with van der Waals surface area (Å²) in [6.45, 7) is 6.53. The van der Waals surface area contributed by atoms with E-state index in [9.17, 15) is 4.79 Å². The van der Waals surface area contributed by atoms with E-state index in [4.69, 9.17) is 0 Å². The molecule has 144 valence electrons. The summed E-state index contributed by atoms with van der Waals surface area (Å²) in [6, 6.07) is 5.99. The molecular weight excluding hydrogens is 382 g/mol. The molecule has 1 aliphatic rings. The number of pyridine rings is 1. The first-order valence-electron chi connectivity index (χ1n) is 8.94. The number of piperazine rings is 1. The molecule has 0 spiro atoms. The topological polar surface area (TPSA) is 63.1 Å². The van der Waals surface area contributed by atoms with Crippen LogP contribution in [0.1, 0.15) is 46.7 Å². The molecular formula is C19H24ClN5OS. The number of aryl methyl sites for hydroxylation is 1. The Morgan fingerprint density at radius 1 is 1.41 bits per heavy atom. The lowest BCUT2D eigenvalue weighted by atomic mass is 10.0. The second-order valence-electron chi connectivity index (χ2n) is 7.00. The summed E-state index contributed by atoms with van der Waals surface area (Å²) in [5.41, 5.74) is 2.13. The summed E-state index contributed by atoms with van der Waals surface area (Å²) >= 11 is 1.53. The first-order valence-corrected chi connectivity index (χ1v) is 9.76. The van der Waals surface area contributed by atoms with Gasteiger partial charge in [-0.1, -0.05) is 19.9 Å². The minimum atomic E-state index is 0. The highest BCUT2D eigenvalue weighted by molar-refractivity contribution is 7.20. The van der Waals surface area contributed by atoms with Gasteiger partial charge in [-0.15, -0.1) is 23.7 Å². The molecule has 0 radical (unpaired) electrons. The van der Waals surface area contributed by atoms with E-state index in [-0.39, 0.29) is 24.4 Å². The Balaban J connectivity index is 0.00000210. The number of carbonyl (C=O) groups is 1. The van der Waals surface area contributed by atoms with Crippen LogP contribution in [-0.2, 0) is 7.05 Å². The summed E-state index contributed by atoms with van der Waals surface area (Å²) < 4.78 is 1.89. The Morgan fingerprint density at radius 2 is 2.22 bits per heavy atom. The normalized spacial score (nSPS) is 17.3. The van der Waals surface area contributed by atoms with E-state index in [2.05, 4.69) is 29.2 Å². The molecule has 6 nitrogen and oxygen atoms in total. The number of nitrogens with one attached hydrogen (secondary N) is 1. The third kappa shape index (κ3) is 3.59. The molecule has 27 heavy (non-hydrogen) atoms. The predicted octanol–water partition coefficient (Wildman–Crippen LogP) is 3.36. The van der Waals surface area contributed by atoms with Crippen molar-refractivity contribution in [1.82, 2.24) is 25.0 Å². The Hall–Kier alpha value is -1.96. The van der Waals surface area contributed by atoms with Crippen LogP contribution in [0.4, 0.5) is 0 Å². The molecule has 3 aromatic heterocycles. The number of nitrogens with zero attached hydrogens (tertiary/aromatic N) is 4. The van der Waals surface area contributed by atoms with E-state index in [0.717, 1.165) is 39.4 Å². The van der Waals surface area contributed by atoms with Crippen LogP contribution in [0.3, 0.4) is 0 Å². The summed E-state index contributed by atoms with van der Waals surface area (Å²) in [5, 5.41) is 9.10. The molecule has 1 atom stereocenters. The molecule has 4 heterocycles. The average Bonchev–Trinajstić information content (AvgIpc) is 3.22. The van der Waals surface area contributed by atoms with Gasteiger partial charge in [0.05, 0.1) is 16.6 Å². The van der Waals surface area contributed by atoms with E-state index in [1.54, 1.807) is 6.20 Å². The molecule has 3 aromatic rings. The lowest BCUT2D eigenvalue weighted by molar-refractivity contribution is 0.0639. The van der Waals surface area contributed by atoms with Crippen LogP contribution in [0.25, 0.3) is 10.2 Å². The lowest BCUT2D eigenvalue weighted by Crippen LogP contribution is -2.48. The van der Waals surface area contributed by atoms with E-state index in [0.29, 0.717) is 12.5 Å². The first-order chi connectivity index (χ1) is 12.6. The van der Waals surface area contributed by atoms with Gasteiger partial charge in [0.15, 0.2) is 0 Å². The van der Waals surface area contributed by atoms with Crippen molar-refractivity contribution >= 4 is 39.9 Å². The third-order valence-corrected chi connectivity index (χ3v) is 6.06. The SMILES string of the molecule is CC(C)c1nn(C)c2sc(C(=O)N3CCNCC3c3cccnc3)cc12.Cl. The fourth-order valence-electron chi connectivity index (χ4n) is 3.56. The van der Waals surface area contributed by atoms with Crippen molar-refractivity contribution in [3.05, 3.63) is 46.7 Å². The van der Waals surface area contributed by atoms with Crippen molar-refractivity contribution in [3.63, 3.8) is 0 Å². The van der Waals surface area contributed by atoms with Crippen molar-refractivity contribution in [2.45, 2.75) is 25.8 Å². The molecule has 0 aliphatic carbocycles. The van der Waals surface area contributed by atoms with Crippen LogP contribution in [0.5, 0.6) is 0 Å². The van der Waals surface area contributed by atoms with Gasteiger partial charge in [0.25, 0.3) is 5.91 Å². The molecule has 0 bridgehead atoms. The highest BCUT2D eigenvalue weighted by Gasteiger charge is 2.30. The molecule has 0 aromatic carbocycles. The summed E-state index contributed by atoms with van der Waals surface area (Å²) in [4.78, 5) is 21.3. The molecule has 1 fully saturated rings. The molecule has 1 unspecified atom stereocenters. The smallest absolute Gasteiger partial charge is 0.264 e. The van der Waals surface area contributed by atoms with Crippen molar-refractivity contribution in [2.24, 2.45) is 7.05 Å². The zero-order valence-corrected chi connectivity index (χ0v) is 17.3. The second kappa shape index (κ2) is 7.96. The summed E-state index contributed by atoms with van der Waals surface area (Å²) in [7, 11) is 1.95. The number of fused-ring (bicyclic) bond motifs is 1. The lowest BCUT2D eigenvalue weighted by Gasteiger charge is -2.36. The number of rotatable bonds is 3. The zero-order chi connectivity index (χ0) is 18.3. The zero-order valence-electron chi connectivity index (χ0n) is 15.7. The number of halogens is 1. The highest BCUT2D eigenvalue weighted by Crippen LogP contribution is 2.33. The van der Waals surface area contributed by atoms with Gasteiger partial charge in [-0.3, -0.25) is 14.5 Å². The van der Waals surface area contributed by atoms with Crippen molar-refractivity contribution in [2.75, 3.05) is 19.6 Å². The highest BCUT2D eigenvalue weighted by atomic mass is 35.5. The van der Waals surface area contributed by atoms with Gasteiger partial charge in [0.2, 0.25) is 0 Å². The molecule has 1 aliphatic heterocycles. The number of carbonyl (C=O) groups excluding carboxylic acids is 1. The van der Waals surface area contributed by atoms with Gasteiger partial charge in [0.1, 0.15) is 4.83 Å². The molecule has 0 saturated carbocycles. The molecule has 1 N–H and O–H groups in total. The summed E-state index contributed by atoms with van der Waals surface area (Å²) in [5.74, 6) is 0.426. The van der Waals surface area contributed by atoms with Crippen LogP contribution in [0.15, 0.2) is 30.6 Å². The number of hydrogen-bond acceptors (Lipinski definition) is 5. The summed E-state index contributed by atoms with van der Waals surface area (Å²) in [6.07, 6.45) is 3.61. The van der Waals surface area contributed by atoms with Gasteiger partial charge >= 0.3 is 0 Å². The minimum Gasteiger partial charge on any atom is -0.328 e. The maximum absolute atomic E-state index is 13.3. The van der Waals surface area contributed by atoms with Crippen LogP contribution >= 0.6 is 23.7 Å². The Bertz CT molecular complexity index is 936. The number of amides is 1. The average molecular weight is 406 g/mol. The molecule has 8 heteroatoms. The van der Waals surface area contributed by atoms with Crippen molar-refractivity contribution in [3.8, 4) is 0 Å².